The lowest BCUT2D eigenvalue weighted by Crippen LogP contribution is -2.11. The molecule has 4 nitrogen and oxygen atoms in total. The van der Waals surface area contributed by atoms with Gasteiger partial charge in [0.05, 0.1) is 6.61 Å². The summed E-state index contributed by atoms with van der Waals surface area (Å²) in [6.07, 6.45) is 2.10. The molecule has 0 amide bonds. The molecule has 0 heterocycles. The van der Waals surface area contributed by atoms with Crippen LogP contribution in [0, 0.1) is 17.2 Å². The van der Waals surface area contributed by atoms with Crippen LogP contribution in [-0.2, 0) is 9.53 Å². The minimum absolute atomic E-state index is 0.0482. The largest absolute Gasteiger partial charge is 0.461 e. The Kier molecular flexibility index (Phi) is 5.00. The number of esters is 1. The third-order valence-corrected chi connectivity index (χ3v) is 4.36. The number of halogens is 2. The molecule has 0 aromatic heterocycles. The monoisotopic (exact) mass is 338 g/mol. The predicted octanol–water partition coefficient (Wildman–Crippen LogP) is 3.40. The summed E-state index contributed by atoms with van der Waals surface area (Å²) >= 11 is 11.7. The van der Waals surface area contributed by atoms with Crippen LogP contribution in [0.15, 0.2) is 29.8 Å². The Labute approximate surface area is 139 Å². The number of ether oxygens (including phenoxy) is 1. The van der Waals surface area contributed by atoms with Crippen molar-refractivity contribution >= 4 is 40.9 Å². The summed E-state index contributed by atoms with van der Waals surface area (Å²) in [5, 5.41) is 9.10. The summed E-state index contributed by atoms with van der Waals surface area (Å²) in [6.45, 7) is 0.129. The Morgan fingerprint density at radius 3 is 2.50 bits per heavy atom. The molecular weight excluding hydrogens is 323 g/mol. The van der Waals surface area contributed by atoms with Crippen molar-refractivity contribution in [3.63, 3.8) is 0 Å². The van der Waals surface area contributed by atoms with Crippen LogP contribution >= 0.6 is 23.2 Å². The number of anilines is 1. The standard InChI is InChI=1S/C16H16Cl2N2O2/c1-20(2)14-5-3-11(4-6-14)7-12(9-19)15(21)22-10-13-8-16(13,17)18/h3-7,13H,8,10H2,1-2H3. The summed E-state index contributed by atoms with van der Waals surface area (Å²) in [4.78, 5) is 13.9. The quantitative estimate of drug-likeness (QED) is 0.357. The van der Waals surface area contributed by atoms with E-state index in [4.69, 9.17) is 33.2 Å². The molecule has 0 radical (unpaired) electrons. The van der Waals surface area contributed by atoms with Crippen molar-refractivity contribution in [2.24, 2.45) is 5.92 Å². The number of hydrogen-bond acceptors (Lipinski definition) is 4. The van der Waals surface area contributed by atoms with Crippen molar-refractivity contribution in [2.75, 3.05) is 25.6 Å². The first-order valence-electron chi connectivity index (χ1n) is 6.77. The van der Waals surface area contributed by atoms with Crippen molar-refractivity contribution < 1.29 is 9.53 Å². The zero-order valence-electron chi connectivity index (χ0n) is 12.3. The molecular formula is C16H16Cl2N2O2. The highest BCUT2D eigenvalue weighted by Gasteiger charge is 2.52. The Hall–Kier alpha value is -1.70. The van der Waals surface area contributed by atoms with Crippen LogP contribution in [0.3, 0.4) is 0 Å². The molecule has 1 aliphatic rings. The average Bonchev–Trinajstić information content (AvgIpc) is 3.10. The lowest BCUT2D eigenvalue weighted by atomic mass is 10.1. The number of carbonyl (C=O) groups excluding carboxylic acids is 1. The van der Waals surface area contributed by atoms with Crippen LogP contribution in [0.25, 0.3) is 6.08 Å². The van der Waals surface area contributed by atoms with Crippen molar-refractivity contribution in [2.45, 2.75) is 10.8 Å². The second kappa shape index (κ2) is 6.60. The molecule has 1 atom stereocenters. The van der Waals surface area contributed by atoms with Gasteiger partial charge >= 0.3 is 5.97 Å². The van der Waals surface area contributed by atoms with Gasteiger partial charge < -0.3 is 9.64 Å². The van der Waals surface area contributed by atoms with E-state index in [1.54, 1.807) is 0 Å². The van der Waals surface area contributed by atoms with E-state index < -0.39 is 10.3 Å². The molecule has 1 aliphatic carbocycles. The number of rotatable bonds is 5. The van der Waals surface area contributed by atoms with Crippen LogP contribution < -0.4 is 4.90 Å². The first-order valence-corrected chi connectivity index (χ1v) is 7.53. The zero-order valence-corrected chi connectivity index (χ0v) is 13.9. The van der Waals surface area contributed by atoms with Crippen LogP contribution in [0.2, 0.25) is 0 Å². The molecule has 0 saturated heterocycles. The number of alkyl halides is 2. The number of hydrogen-bond donors (Lipinski definition) is 0. The lowest BCUT2D eigenvalue weighted by molar-refractivity contribution is -0.138. The fourth-order valence-corrected chi connectivity index (χ4v) is 2.38. The van der Waals surface area contributed by atoms with E-state index in [-0.39, 0.29) is 18.1 Å². The van der Waals surface area contributed by atoms with Gasteiger partial charge in [-0.2, -0.15) is 5.26 Å². The molecule has 1 aromatic rings. The van der Waals surface area contributed by atoms with E-state index in [0.29, 0.717) is 6.42 Å². The van der Waals surface area contributed by atoms with Gasteiger partial charge in [0.25, 0.3) is 0 Å². The van der Waals surface area contributed by atoms with Crippen molar-refractivity contribution in [3.8, 4) is 6.07 Å². The van der Waals surface area contributed by atoms with E-state index in [1.165, 1.54) is 6.08 Å². The number of nitrogens with zero attached hydrogens (tertiary/aromatic N) is 2. The maximum absolute atomic E-state index is 11.9. The maximum Gasteiger partial charge on any atom is 0.348 e. The topological polar surface area (TPSA) is 53.3 Å². The van der Waals surface area contributed by atoms with Gasteiger partial charge in [-0.1, -0.05) is 12.1 Å². The third kappa shape index (κ3) is 4.16. The SMILES string of the molecule is CN(C)c1ccc(C=C(C#N)C(=O)OCC2CC2(Cl)Cl)cc1. The van der Waals surface area contributed by atoms with E-state index in [2.05, 4.69) is 0 Å². The summed E-state index contributed by atoms with van der Waals surface area (Å²) in [6, 6.07) is 9.35. The van der Waals surface area contributed by atoms with Gasteiger partial charge in [-0.05, 0) is 30.2 Å². The summed E-state index contributed by atoms with van der Waals surface area (Å²) in [5.74, 6) is -0.714. The van der Waals surface area contributed by atoms with Crippen LogP contribution in [0.1, 0.15) is 12.0 Å². The minimum atomic E-state index is -0.793. The summed E-state index contributed by atoms with van der Waals surface area (Å²) in [7, 11) is 3.88. The number of nitriles is 1. The van der Waals surface area contributed by atoms with Crippen molar-refractivity contribution in [3.05, 3.63) is 35.4 Å². The van der Waals surface area contributed by atoms with Crippen LogP contribution in [0.5, 0.6) is 0 Å². The van der Waals surface area contributed by atoms with Crippen LogP contribution in [0.4, 0.5) is 5.69 Å². The van der Waals surface area contributed by atoms with E-state index in [1.807, 2.05) is 49.3 Å². The zero-order chi connectivity index (χ0) is 16.3. The second-order valence-corrected chi connectivity index (χ2v) is 6.96. The van der Waals surface area contributed by atoms with Crippen molar-refractivity contribution in [1.29, 1.82) is 5.26 Å². The fourth-order valence-electron chi connectivity index (χ4n) is 1.88. The highest BCUT2D eigenvalue weighted by Crippen LogP contribution is 2.53. The van der Waals surface area contributed by atoms with E-state index >= 15 is 0 Å². The first kappa shape index (κ1) is 16.7. The Morgan fingerprint density at radius 1 is 1.45 bits per heavy atom. The summed E-state index contributed by atoms with van der Waals surface area (Å²) in [5.41, 5.74) is 1.75. The molecule has 1 saturated carbocycles. The minimum Gasteiger partial charge on any atom is -0.461 e. The fraction of sp³-hybridized carbons (Fsp3) is 0.375. The van der Waals surface area contributed by atoms with E-state index in [9.17, 15) is 4.79 Å². The maximum atomic E-state index is 11.9. The molecule has 1 fully saturated rings. The predicted molar refractivity (Wildman–Crippen MR) is 87.9 cm³/mol. The summed E-state index contributed by atoms with van der Waals surface area (Å²) < 4.78 is 4.29. The molecule has 0 bridgehead atoms. The second-order valence-electron chi connectivity index (χ2n) is 5.42. The molecule has 116 valence electrons. The average molecular weight is 339 g/mol. The van der Waals surface area contributed by atoms with Gasteiger partial charge in [0.2, 0.25) is 0 Å². The first-order chi connectivity index (χ1) is 10.3. The molecule has 0 spiro atoms. The number of carbonyl (C=O) groups is 1. The molecule has 22 heavy (non-hydrogen) atoms. The molecule has 0 N–H and O–H groups in total. The third-order valence-electron chi connectivity index (χ3n) is 3.43. The van der Waals surface area contributed by atoms with Gasteiger partial charge in [-0.3, -0.25) is 0 Å². The number of benzene rings is 1. The molecule has 1 aromatic carbocycles. The van der Waals surface area contributed by atoms with Gasteiger partial charge in [0.15, 0.2) is 0 Å². The molecule has 6 heteroatoms. The Morgan fingerprint density at radius 2 is 2.05 bits per heavy atom. The molecule has 1 unspecified atom stereocenters. The highest BCUT2D eigenvalue weighted by atomic mass is 35.5. The van der Waals surface area contributed by atoms with Gasteiger partial charge in [0, 0.05) is 25.7 Å². The van der Waals surface area contributed by atoms with Crippen molar-refractivity contribution in [1.82, 2.24) is 0 Å². The normalized spacial score (nSPS) is 19.2. The molecule has 0 aliphatic heterocycles. The molecule has 2 rings (SSSR count). The Balaban J connectivity index is 2.00. The lowest BCUT2D eigenvalue weighted by Gasteiger charge is -2.11. The van der Waals surface area contributed by atoms with Gasteiger partial charge in [0.1, 0.15) is 16.0 Å². The highest BCUT2D eigenvalue weighted by molar-refractivity contribution is 6.50. The van der Waals surface area contributed by atoms with Gasteiger partial charge in [-0.15, -0.1) is 23.2 Å². The van der Waals surface area contributed by atoms with E-state index in [0.717, 1.165) is 11.3 Å². The van der Waals surface area contributed by atoms with Crippen LogP contribution in [-0.4, -0.2) is 31.0 Å². The smallest absolute Gasteiger partial charge is 0.348 e. The van der Waals surface area contributed by atoms with Gasteiger partial charge in [-0.25, -0.2) is 4.79 Å². The Bertz CT molecular complexity index is 631.